The lowest BCUT2D eigenvalue weighted by atomic mass is 9.89. The molecule has 0 aromatic carbocycles. The van der Waals surface area contributed by atoms with Gasteiger partial charge in [-0.3, -0.25) is 0 Å². The Labute approximate surface area is 105 Å². The lowest BCUT2D eigenvalue weighted by molar-refractivity contribution is 0.483. The number of fused-ring (bicyclic) bond motifs is 1. The van der Waals surface area contributed by atoms with Crippen molar-refractivity contribution in [3.63, 3.8) is 0 Å². The number of hydrogen-bond donors (Lipinski definition) is 0. The number of thiophene rings is 1. The van der Waals surface area contributed by atoms with Crippen molar-refractivity contribution in [3.8, 4) is 0 Å². The maximum absolute atomic E-state index is 6.28. The van der Waals surface area contributed by atoms with Gasteiger partial charge in [0.1, 0.15) is 6.33 Å². The fourth-order valence-electron chi connectivity index (χ4n) is 2.11. The number of aromatic nitrogens is 2. The van der Waals surface area contributed by atoms with E-state index in [1.807, 2.05) is 13.0 Å². The fourth-order valence-corrected chi connectivity index (χ4v) is 3.40. The van der Waals surface area contributed by atoms with Crippen molar-refractivity contribution in [2.75, 3.05) is 0 Å². The van der Waals surface area contributed by atoms with Crippen LogP contribution in [0.3, 0.4) is 0 Å². The molecular formula is C12H15ClN2S. The normalized spacial score (nSPS) is 15.6. The number of alkyl halides is 1. The number of hydrogen-bond acceptors (Lipinski definition) is 3. The molecule has 86 valence electrons. The molecule has 0 fully saturated rings. The first-order chi connectivity index (χ1) is 7.61. The third kappa shape index (κ3) is 2.06. The van der Waals surface area contributed by atoms with Crippen LogP contribution in [-0.2, 0) is 0 Å². The zero-order chi connectivity index (χ0) is 11.7. The quantitative estimate of drug-likeness (QED) is 0.772. The Balaban J connectivity index is 2.56. The summed E-state index contributed by atoms with van der Waals surface area (Å²) in [5, 5.41) is 2.14. The second kappa shape index (κ2) is 4.68. The van der Waals surface area contributed by atoms with Crippen LogP contribution in [0.5, 0.6) is 0 Å². The molecule has 0 spiro atoms. The third-order valence-electron chi connectivity index (χ3n) is 2.80. The van der Waals surface area contributed by atoms with Gasteiger partial charge in [0.2, 0.25) is 0 Å². The van der Waals surface area contributed by atoms with Crippen LogP contribution in [0.2, 0.25) is 0 Å². The van der Waals surface area contributed by atoms with Gasteiger partial charge < -0.3 is 0 Å². The van der Waals surface area contributed by atoms with Crippen LogP contribution in [0.1, 0.15) is 32.4 Å². The Morgan fingerprint density at radius 1 is 1.25 bits per heavy atom. The fraction of sp³-hybridized carbons (Fsp3) is 0.500. The first kappa shape index (κ1) is 11.8. The average Bonchev–Trinajstić information content (AvgIpc) is 2.65. The second-order valence-corrected chi connectivity index (χ2v) is 5.95. The monoisotopic (exact) mass is 254 g/mol. The molecule has 0 radical (unpaired) electrons. The molecule has 2 rings (SSSR count). The summed E-state index contributed by atoms with van der Waals surface area (Å²) >= 11 is 7.98. The van der Waals surface area contributed by atoms with Gasteiger partial charge in [-0.1, -0.05) is 13.8 Å². The second-order valence-electron chi connectivity index (χ2n) is 4.34. The molecule has 4 heteroatoms. The van der Waals surface area contributed by atoms with Crippen molar-refractivity contribution in [2.24, 2.45) is 5.92 Å². The molecule has 16 heavy (non-hydrogen) atoms. The predicted octanol–water partition coefficient (Wildman–Crippen LogP) is 4.06. The van der Waals surface area contributed by atoms with E-state index in [1.165, 1.54) is 4.70 Å². The van der Waals surface area contributed by atoms with Gasteiger partial charge in [-0.15, -0.1) is 22.9 Å². The van der Waals surface area contributed by atoms with E-state index >= 15 is 0 Å². The number of rotatable bonds is 3. The maximum Gasteiger partial charge on any atom is 0.116 e. The molecule has 2 aromatic heterocycles. The summed E-state index contributed by atoms with van der Waals surface area (Å²) in [6, 6.07) is 2.03. The Morgan fingerprint density at radius 2 is 2.00 bits per heavy atom. The molecule has 0 saturated heterocycles. The summed E-state index contributed by atoms with van der Waals surface area (Å²) in [7, 11) is 0. The maximum atomic E-state index is 6.28. The zero-order valence-electron chi connectivity index (χ0n) is 9.64. The lowest BCUT2D eigenvalue weighted by Crippen LogP contribution is -2.17. The minimum atomic E-state index is 0.0835. The standard InChI is InChI=1S/C12H15ClN2S/c1-7(2)10(8(3)13)11-12-9(4-5-16-12)14-6-15-11/h4-8,10H,1-3H3. The molecule has 2 unspecified atom stereocenters. The number of nitrogens with zero attached hydrogens (tertiary/aromatic N) is 2. The van der Waals surface area contributed by atoms with Gasteiger partial charge in [0.15, 0.2) is 0 Å². The van der Waals surface area contributed by atoms with Crippen LogP contribution < -0.4 is 0 Å². The summed E-state index contributed by atoms with van der Waals surface area (Å²) < 4.78 is 1.17. The summed E-state index contributed by atoms with van der Waals surface area (Å²) in [6.45, 7) is 6.41. The van der Waals surface area contributed by atoms with Crippen LogP contribution in [-0.4, -0.2) is 15.3 Å². The molecule has 0 aliphatic carbocycles. The molecule has 0 aliphatic heterocycles. The Bertz CT molecular complexity index is 471. The van der Waals surface area contributed by atoms with E-state index in [-0.39, 0.29) is 11.3 Å². The topological polar surface area (TPSA) is 25.8 Å². The van der Waals surface area contributed by atoms with Crippen LogP contribution in [0.25, 0.3) is 10.2 Å². The molecular weight excluding hydrogens is 240 g/mol. The molecule has 2 aromatic rings. The summed E-state index contributed by atoms with van der Waals surface area (Å²) in [5.41, 5.74) is 2.12. The van der Waals surface area contributed by atoms with Crippen molar-refractivity contribution >= 4 is 33.2 Å². The molecule has 0 saturated carbocycles. The summed E-state index contributed by atoms with van der Waals surface area (Å²) in [6.07, 6.45) is 1.64. The Morgan fingerprint density at radius 3 is 2.62 bits per heavy atom. The van der Waals surface area contributed by atoms with Crippen LogP contribution in [0.15, 0.2) is 17.8 Å². The van der Waals surface area contributed by atoms with Crippen molar-refractivity contribution in [3.05, 3.63) is 23.5 Å². The molecule has 2 atom stereocenters. The third-order valence-corrected chi connectivity index (χ3v) is 4.00. The minimum absolute atomic E-state index is 0.0835. The lowest BCUT2D eigenvalue weighted by Gasteiger charge is -2.22. The summed E-state index contributed by atoms with van der Waals surface area (Å²) in [5.74, 6) is 0.763. The van der Waals surface area contributed by atoms with Gasteiger partial charge in [0, 0.05) is 11.3 Å². The predicted molar refractivity (Wildman–Crippen MR) is 70.3 cm³/mol. The van der Waals surface area contributed by atoms with Crippen molar-refractivity contribution in [2.45, 2.75) is 32.1 Å². The SMILES string of the molecule is CC(C)C(c1ncnc2ccsc12)C(C)Cl. The van der Waals surface area contributed by atoms with Gasteiger partial charge >= 0.3 is 0 Å². The molecule has 0 amide bonds. The van der Waals surface area contributed by atoms with Crippen molar-refractivity contribution < 1.29 is 0 Å². The highest BCUT2D eigenvalue weighted by Gasteiger charge is 2.25. The Hall–Kier alpha value is -0.670. The first-order valence-corrected chi connectivity index (χ1v) is 6.75. The van der Waals surface area contributed by atoms with E-state index in [9.17, 15) is 0 Å². The summed E-state index contributed by atoms with van der Waals surface area (Å²) in [4.78, 5) is 8.70. The average molecular weight is 255 g/mol. The highest BCUT2D eigenvalue weighted by molar-refractivity contribution is 7.17. The van der Waals surface area contributed by atoms with Gasteiger partial charge in [-0.05, 0) is 24.3 Å². The highest BCUT2D eigenvalue weighted by atomic mass is 35.5. The number of halogens is 1. The van der Waals surface area contributed by atoms with Crippen molar-refractivity contribution in [1.82, 2.24) is 9.97 Å². The highest BCUT2D eigenvalue weighted by Crippen LogP contribution is 2.35. The zero-order valence-corrected chi connectivity index (χ0v) is 11.2. The van der Waals surface area contributed by atoms with Crippen LogP contribution in [0, 0.1) is 5.92 Å². The van der Waals surface area contributed by atoms with Crippen LogP contribution >= 0.6 is 22.9 Å². The van der Waals surface area contributed by atoms with Gasteiger partial charge in [-0.25, -0.2) is 9.97 Å². The van der Waals surface area contributed by atoms with E-state index in [1.54, 1.807) is 17.7 Å². The smallest absolute Gasteiger partial charge is 0.116 e. The van der Waals surface area contributed by atoms with E-state index in [0.29, 0.717) is 5.92 Å². The van der Waals surface area contributed by atoms with E-state index in [2.05, 4.69) is 29.2 Å². The van der Waals surface area contributed by atoms with Gasteiger partial charge in [0.25, 0.3) is 0 Å². The van der Waals surface area contributed by atoms with Gasteiger partial charge in [-0.2, -0.15) is 0 Å². The molecule has 0 aliphatic rings. The van der Waals surface area contributed by atoms with E-state index in [4.69, 9.17) is 11.6 Å². The molecule has 0 N–H and O–H groups in total. The minimum Gasteiger partial charge on any atom is -0.240 e. The molecule has 2 nitrogen and oxygen atoms in total. The largest absolute Gasteiger partial charge is 0.240 e. The van der Waals surface area contributed by atoms with Crippen molar-refractivity contribution in [1.29, 1.82) is 0 Å². The van der Waals surface area contributed by atoms with E-state index in [0.717, 1.165) is 11.2 Å². The first-order valence-electron chi connectivity index (χ1n) is 5.43. The molecule has 2 heterocycles. The molecule has 0 bridgehead atoms. The van der Waals surface area contributed by atoms with E-state index < -0.39 is 0 Å². The van der Waals surface area contributed by atoms with Gasteiger partial charge in [0.05, 0.1) is 15.9 Å². The van der Waals surface area contributed by atoms with Crippen LogP contribution in [0.4, 0.5) is 0 Å². The Kier molecular flexibility index (Phi) is 3.45.